The van der Waals surface area contributed by atoms with Gasteiger partial charge >= 0.3 is 0 Å². The van der Waals surface area contributed by atoms with Crippen molar-refractivity contribution < 1.29 is 19.0 Å². The summed E-state index contributed by atoms with van der Waals surface area (Å²) in [6.07, 6.45) is 4.15. The molecule has 3 aromatic rings. The van der Waals surface area contributed by atoms with Crippen LogP contribution in [-0.2, 0) is 0 Å². The number of hydrogen-bond acceptors (Lipinski definition) is 8. The Balaban J connectivity index is 1.49. The molecule has 1 aromatic carbocycles. The summed E-state index contributed by atoms with van der Waals surface area (Å²) in [5, 5.41) is 16.3. The number of aromatic amines is 1. The van der Waals surface area contributed by atoms with Gasteiger partial charge in [0, 0.05) is 24.5 Å². The van der Waals surface area contributed by atoms with E-state index in [0.29, 0.717) is 41.5 Å². The van der Waals surface area contributed by atoms with Crippen LogP contribution in [0.1, 0.15) is 29.0 Å². The lowest BCUT2D eigenvalue weighted by molar-refractivity contribution is 0.0521. The maximum absolute atomic E-state index is 13.1. The normalized spacial score (nSPS) is 15.7. The van der Waals surface area contributed by atoms with Crippen molar-refractivity contribution in [3.63, 3.8) is 0 Å². The number of piperidine rings is 1. The molecule has 1 aliphatic rings. The molecule has 10 heteroatoms. The number of benzene rings is 1. The summed E-state index contributed by atoms with van der Waals surface area (Å²) in [5.41, 5.74) is 1.78. The van der Waals surface area contributed by atoms with Crippen LogP contribution in [0, 0.1) is 11.3 Å². The van der Waals surface area contributed by atoms with E-state index in [1.54, 1.807) is 37.3 Å². The van der Waals surface area contributed by atoms with Gasteiger partial charge in [-0.3, -0.25) is 9.89 Å². The Bertz CT molecular complexity index is 1160. The molecule has 1 N–H and O–H groups in total. The molecule has 0 aliphatic carbocycles. The molecule has 1 amide bonds. The predicted molar refractivity (Wildman–Crippen MR) is 113 cm³/mol. The van der Waals surface area contributed by atoms with E-state index >= 15 is 0 Å². The Hall–Kier alpha value is -4.13. The maximum Gasteiger partial charge on any atom is 0.272 e. The van der Waals surface area contributed by atoms with E-state index in [1.165, 1.54) is 12.4 Å². The highest BCUT2D eigenvalue weighted by Gasteiger charge is 2.28. The highest BCUT2D eigenvalue weighted by atomic mass is 16.5. The fraction of sp³-hybridized carbons (Fsp3) is 0.318. The third-order valence-electron chi connectivity index (χ3n) is 5.21. The number of nitrogens with zero attached hydrogens (tertiary/aromatic N) is 5. The molecular weight excluding hydrogens is 412 g/mol. The van der Waals surface area contributed by atoms with Crippen LogP contribution >= 0.6 is 0 Å². The summed E-state index contributed by atoms with van der Waals surface area (Å²) in [7, 11) is 3.16. The number of carbonyl (C=O) groups excluding carboxylic acids is 1. The maximum atomic E-state index is 13.1. The van der Waals surface area contributed by atoms with Gasteiger partial charge in [0.2, 0.25) is 5.69 Å². The second-order valence-corrected chi connectivity index (χ2v) is 7.19. The number of hydrogen-bond donors (Lipinski definition) is 1. The van der Waals surface area contributed by atoms with Crippen LogP contribution in [0.2, 0.25) is 0 Å². The second kappa shape index (κ2) is 9.34. The molecule has 0 bridgehead atoms. The van der Waals surface area contributed by atoms with Gasteiger partial charge in [-0.15, -0.1) is 0 Å². The number of methoxy groups -OCH3 is 2. The van der Waals surface area contributed by atoms with Crippen LogP contribution in [0.25, 0.3) is 11.3 Å². The van der Waals surface area contributed by atoms with Gasteiger partial charge in [0.15, 0.2) is 0 Å². The number of likely N-dealkylation sites (tertiary alicyclic amines) is 1. The first-order valence-electron chi connectivity index (χ1n) is 10.1. The molecular formula is C22H22N6O4. The van der Waals surface area contributed by atoms with Crippen LogP contribution < -0.4 is 14.2 Å². The Morgan fingerprint density at radius 1 is 1.22 bits per heavy atom. The minimum absolute atomic E-state index is 0.126. The van der Waals surface area contributed by atoms with Crippen LogP contribution in [0.15, 0.2) is 36.7 Å². The first kappa shape index (κ1) is 21.1. The van der Waals surface area contributed by atoms with Gasteiger partial charge in [0.05, 0.1) is 26.5 Å². The third kappa shape index (κ3) is 4.32. The van der Waals surface area contributed by atoms with Gasteiger partial charge in [0.1, 0.15) is 29.4 Å². The van der Waals surface area contributed by atoms with Crippen molar-refractivity contribution in [1.82, 2.24) is 25.1 Å². The van der Waals surface area contributed by atoms with E-state index in [1.807, 2.05) is 12.1 Å². The summed E-state index contributed by atoms with van der Waals surface area (Å²) in [4.78, 5) is 22.9. The average molecular weight is 434 g/mol. The molecule has 10 nitrogen and oxygen atoms in total. The van der Waals surface area contributed by atoms with E-state index in [4.69, 9.17) is 14.2 Å². The zero-order valence-electron chi connectivity index (χ0n) is 17.7. The number of amides is 1. The SMILES string of the molecule is COc1ccc(OC)c(-c2cc(C(=O)N3CCCC(Oc4nccnc4C#N)C3)[nH]n2)c1. The van der Waals surface area contributed by atoms with Gasteiger partial charge < -0.3 is 19.1 Å². The highest BCUT2D eigenvalue weighted by molar-refractivity contribution is 5.93. The van der Waals surface area contributed by atoms with Crippen molar-refractivity contribution in [2.45, 2.75) is 18.9 Å². The number of nitriles is 1. The van der Waals surface area contributed by atoms with Crippen molar-refractivity contribution in [2.24, 2.45) is 0 Å². The summed E-state index contributed by atoms with van der Waals surface area (Å²) in [5.74, 6) is 1.29. The Kier molecular flexibility index (Phi) is 6.17. The van der Waals surface area contributed by atoms with Gasteiger partial charge in [-0.2, -0.15) is 10.4 Å². The Morgan fingerprint density at radius 2 is 2.06 bits per heavy atom. The lowest BCUT2D eigenvalue weighted by Gasteiger charge is -2.32. The highest BCUT2D eigenvalue weighted by Crippen LogP contribution is 2.32. The van der Waals surface area contributed by atoms with Gasteiger partial charge in [0.25, 0.3) is 11.8 Å². The number of aromatic nitrogens is 4. The van der Waals surface area contributed by atoms with Crippen LogP contribution in [0.4, 0.5) is 0 Å². The third-order valence-corrected chi connectivity index (χ3v) is 5.21. The summed E-state index contributed by atoms with van der Waals surface area (Å²) < 4.78 is 16.6. The molecule has 164 valence electrons. The monoisotopic (exact) mass is 434 g/mol. The molecule has 3 heterocycles. The van der Waals surface area contributed by atoms with Crippen molar-refractivity contribution in [1.29, 1.82) is 5.26 Å². The molecule has 32 heavy (non-hydrogen) atoms. The molecule has 0 radical (unpaired) electrons. The quantitative estimate of drug-likeness (QED) is 0.627. The second-order valence-electron chi connectivity index (χ2n) is 7.19. The van der Waals surface area contributed by atoms with Crippen molar-refractivity contribution in [3.8, 4) is 34.7 Å². The number of rotatable bonds is 6. The van der Waals surface area contributed by atoms with Crippen LogP contribution in [-0.4, -0.2) is 64.4 Å². The number of H-pyrrole nitrogens is 1. The lowest BCUT2D eigenvalue weighted by atomic mass is 10.1. The predicted octanol–water partition coefficient (Wildman–Crippen LogP) is 2.44. The minimum atomic E-state index is -0.280. The molecule has 0 spiro atoms. The molecule has 1 fully saturated rings. The van der Waals surface area contributed by atoms with Crippen molar-refractivity contribution in [3.05, 3.63) is 48.0 Å². The standard InChI is InChI=1S/C22H22N6O4/c1-30-14-5-6-20(31-2)16(10-14)17-11-18(27-26-17)22(29)28-9-3-4-15(13-28)32-21-19(12-23)24-7-8-25-21/h5-8,10-11,15H,3-4,9,13H2,1-2H3,(H,26,27). The fourth-order valence-electron chi connectivity index (χ4n) is 3.62. The van der Waals surface area contributed by atoms with Gasteiger partial charge in [-0.25, -0.2) is 9.97 Å². The van der Waals surface area contributed by atoms with E-state index in [-0.39, 0.29) is 23.6 Å². The zero-order valence-corrected chi connectivity index (χ0v) is 17.7. The van der Waals surface area contributed by atoms with Crippen molar-refractivity contribution >= 4 is 5.91 Å². The number of carbonyl (C=O) groups is 1. The first-order valence-corrected chi connectivity index (χ1v) is 10.1. The summed E-state index contributed by atoms with van der Waals surface area (Å²) in [6, 6.07) is 9.06. The zero-order chi connectivity index (χ0) is 22.5. The number of nitrogens with one attached hydrogen (secondary N) is 1. The average Bonchev–Trinajstić information content (AvgIpc) is 3.34. The fourth-order valence-corrected chi connectivity index (χ4v) is 3.62. The lowest BCUT2D eigenvalue weighted by Crippen LogP contribution is -2.44. The molecule has 2 aromatic heterocycles. The van der Waals surface area contributed by atoms with Gasteiger partial charge in [-0.05, 0) is 37.1 Å². The molecule has 4 rings (SSSR count). The Morgan fingerprint density at radius 3 is 2.84 bits per heavy atom. The minimum Gasteiger partial charge on any atom is -0.497 e. The van der Waals surface area contributed by atoms with Crippen molar-refractivity contribution in [2.75, 3.05) is 27.3 Å². The van der Waals surface area contributed by atoms with Gasteiger partial charge in [-0.1, -0.05) is 0 Å². The number of ether oxygens (including phenoxy) is 3. The Labute approximate surface area is 184 Å². The molecule has 1 saturated heterocycles. The van der Waals surface area contributed by atoms with Crippen LogP contribution in [0.3, 0.4) is 0 Å². The smallest absolute Gasteiger partial charge is 0.272 e. The van der Waals surface area contributed by atoms with E-state index in [2.05, 4.69) is 20.2 Å². The molecule has 1 atom stereocenters. The van der Waals surface area contributed by atoms with E-state index < -0.39 is 0 Å². The summed E-state index contributed by atoms with van der Waals surface area (Å²) in [6.45, 7) is 0.970. The summed E-state index contributed by atoms with van der Waals surface area (Å²) >= 11 is 0. The largest absolute Gasteiger partial charge is 0.497 e. The molecule has 1 aliphatic heterocycles. The molecule has 0 saturated carbocycles. The van der Waals surface area contributed by atoms with E-state index in [0.717, 1.165) is 12.8 Å². The van der Waals surface area contributed by atoms with E-state index in [9.17, 15) is 10.1 Å². The first-order chi connectivity index (χ1) is 15.6. The molecule has 1 unspecified atom stereocenters. The topological polar surface area (TPSA) is 126 Å². The van der Waals surface area contributed by atoms with Crippen LogP contribution in [0.5, 0.6) is 17.4 Å².